The van der Waals surface area contributed by atoms with Crippen LogP contribution in [0.5, 0.6) is 0 Å². The number of hydrogen-bond donors (Lipinski definition) is 1. The number of esters is 1. The van der Waals surface area contributed by atoms with E-state index in [1.807, 2.05) is 47.2 Å². The number of carbonyl (C=O) groups is 3. The van der Waals surface area contributed by atoms with Crippen molar-refractivity contribution in [1.82, 2.24) is 9.24 Å². The molecule has 4 aromatic rings. The fourth-order valence-electron chi connectivity index (χ4n) is 3.82. The quantitative estimate of drug-likeness (QED) is 0.326. The summed E-state index contributed by atoms with van der Waals surface area (Å²) >= 11 is 0. The second kappa shape index (κ2) is 9.56. The van der Waals surface area contributed by atoms with Crippen LogP contribution in [0.1, 0.15) is 38.5 Å². The normalized spacial score (nSPS) is 10.8. The molecule has 0 atom stereocenters. The SMILES string of the molecule is Cc1cc(C(=O)COC(=O)CCn2ccc3ccccc32)c(C)n1NC(=O)c1ccccc1. The van der Waals surface area contributed by atoms with E-state index in [9.17, 15) is 14.4 Å². The molecule has 7 nitrogen and oxygen atoms in total. The van der Waals surface area contributed by atoms with Crippen LogP contribution in [0, 0.1) is 13.8 Å². The maximum atomic E-state index is 12.7. The van der Waals surface area contributed by atoms with Gasteiger partial charge in [0.05, 0.1) is 6.42 Å². The highest BCUT2D eigenvalue weighted by atomic mass is 16.5. The van der Waals surface area contributed by atoms with E-state index < -0.39 is 5.97 Å². The van der Waals surface area contributed by atoms with Crippen molar-refractivity contribution in [2.45, 2.75) is 26.8 Å². The molecule has 168 valence electrons. The highest BCUT2D eigenvalue weighted by molar-refractivity contribution is 6.01. The van der Waals surface area contributed by atoms with Crippen LogP contribution in [0.2, 0.25) is 0 Å². The lowest BCUT2D eigenvalue weighted by Gasteiger charge is -2.12. The Morgan fingerprint density at radius 2 is 1.67 bits per heavy atom. The molecule has 0 saturated heterocycles. The van der Waals surface area contributed by atoms with Crippen molar-refractivity contribution in [3.8, 4) is 0 Å². The van der Waals surface area contributed by atoms with Gasteiger partial charge in [-0.3, -0.25) is 24.5 Å². The Morgan fingerprint density at radius 3 is 2.45 bits per heavy atom. The van der Waals surface area contributed by atoms with Crippen molar-refractivity contribution in [1.29, 1.82) is 0 Å². The Balaban J connectivity index is 1.34. The van der Waals surface area contributed by atoms with Gasteiger partial charge in [-0.2, -0.15) is 0 Å². The molecular weight excluding hydrogens is 418 g/mol. The molecule has 0 aliphatic rings. The summed E-state index contributed by atoms with van der Waals surface area (Å²) in [6.07, 6.45) is 2.10. The summed E-state index contributed by atoms with van der Waals surface area (Å²) < 4.78 is 8.78. The van der Waals surface area contributed by atoms with E-state index in [4.69, 9.17) is 4.74 Å². The van der Waals surface area contributed by atoms with Crippen LogP contribution in [0.3, 0.4) is 0 Å². The molecule has 0 unspecified atom stereocenters. The Morgan fingerprint density at radius 1 is 0.939 bits per heavy atom. The summed E-state index contributed by atoms with van der Waals surface area (Å²) in [6.45, 7) is 3.66. The first kappa shape index (κ1) is 22.1. The average molecular weight is 444 g/mol. The molecule has 4 rings (SSSR count). The molecule has 2 heterocycles. The van der Waals surface area contributed by atoms with Gasteiger partial charge in [-0.1, -0.05) is 36.4 Å². The summed E-state index contributed by atoms with van der Waals surface area (Å²) in [7, 11) is 0. The van der Waals surface area contributed by atoms with E-state index in [2.05, 4.69) is 5.43 Å². The number of ether oxygens (including phenoxy) is 1. The zero-order chi connectivity index (χ0) is 23.4. The van der Waals surface area contributed by atoms with Gasteiger partial charge < -0.3 is 9.30 Å². The molecule has 0 saturated carbocycles. The molecule has 0 radical (unpaired) electrons. The molecule has 1 amide bonds. The van der Waals surface area contributed by atoms with E-state index in [1.165, 1.54) is 0 Å². The predicted molar refractivity (Wildman–Crippen MR) is 126 cm³/mol. The minimum absolute atomic E-state index is 0.165. The Labute approximate surface area is 191 Å². The van der Waals surface area contributed by atoms with Gasteiger partial charge in [-0.25, -0.2) is 0 Å². The monoisotopic (exact) mass is 443 g/mol. The molecule has 0 spiro atoms. The van der Waals surface area contributed by atoms with Crippen molar-refractivity contribution in [3.05, 3.63) is 95.4 Å². The molecule has 2 aromatic carbocycles. The number of Topliss-reactive ketones (excluding diaryl/α,β-unsaturated/α-hetero) is 1. The van der Waals surface area contributed by atoms with Crippen LogP contribution < -0.4 is 5.43 Å². The van der Waals surface area contributed by atoms with Gasteiger partial charge in [-0.15, -0.1) is 0 Å². The smallest absolute Gasteiger partial charge is 0.308 e. The second-order valence-electron chi connectivity index (χ2n) is 7.83. The first-order valence-corrected chi connectivity index (χ1v) is 10.7. The summed E-state index contributed by atoms with van der Waals surface area (Å²) in [4.78, 5) is 37.4. The minimum Gasteiger partial charge on any atom is -0.457 e. The van der Waals surface area contributed by atoms with Crippen molar-refractivity contribution in [2.24, 2.45) is 0 Å². The van der Waals surface area contributed by atoms with Gasteiger partial charge in [0.25, 0.3) is 5.91 Å². The zero-order valence-corrected chi connectivity index (χ0v) is 18.6. The molecule has 7 heteroatoms. The predicted octanol–water partition coefficient (Wildman–Crippen LogP) is 4.26. The number of nitrogens with zero attached hydrogens (tertiary/aromatic N) is 2. The van der Waals surface area contributed by atoms with Gasteiger partial charge >= 0.3 is 5.97 Å². The zero-order valence-electron chi connectivity index (χ0n) is 18.6. The number of fused-ring (bicyclic) bond motifs is 1. The number of aromatic nitrogens is 2. The number of aryl methyl sites for hydroxylation is 2. The first-order chi connectivity index (χ1) is 15.9. The number of ketones is 1. The summed E-state index contributed by atoms with van der Waals surface area (Å²) in [5.74, 6) is -1.03. The molecule has 0 aliphatic carbocycles. The summed E-state index contributed by atoms with van der Waals surface area (Å²) in [5.41, 5.74) is 6.05. The number of rotatable bonds is 8. The van der Waals surface area contributed by atoms with Crippen molar-refractivity contribution in [2.75, 3.05) is 12.0 Å². The van der Waals surface area contributed by atoms with Gasteiger partial charge in [0.2, 0.25) is 5.78 Å². The molecule has 0 aliphatic heterocycles. The number of nitrogens with one attached hydrogen (secondary N) is 1. The summed E-state index contributed by atoms with van der Waals surface area (Å²) in [5, 5.41) is 1.11. The lowest BCUT2D eigenvalue weighted by molar-refractivity contribution is -0.142. The third-order valence-corrected chi connectivity index (χ3v) is 5.58. The fourth-order valence-corrected chi connectivity index (χ4v) is 3.82. The van der Waals surface area contributed by atoms with E-state index in [0.717, 1.165) is 10.9 Å². The van der Waals surface area contributed by atoms with Crippen molar-refractivity contribution < 1.29 is 19.1 Å². The number of para-hydroxylation sites is 1. The standard InChI is InChI=1S/C26H25N3O4/c1-18-16-22(19(2)29(18)27-26(32)21-9-4-3-5-10-21)24(30)17-33-25(31)13-15-28-14-12-20-8-6-7-11-23(20)28/h3-12,14,16H,13,15,17H2,1-2H3,(H,27,32). The van der Waals surface area contributed by atoms with Crippen molar-refractivity contribution >= 4 is 28.6 Å². The van der Waals surface area contributed by atoms with E-state index in [0.29, 0.717) is 29.1 Å². The largest absolute Gasteiger partial charge is 0.457 e. The highest BCUT2D eigenvalue weighted by Gasteiger charge is 2.19. The molecule has 0 fully saturated rings. The molecule has 33 heavy (non-hydrogen) atoms. The van der Waals surface area contributed by atoms with Crippen LogP contribution in [0.25, 0.3) is 10.9 Å². The van der Waals surface area contributed by atoms with Crippen LogP contribution in [-0.2, 0) is 16.1 Å². The van der Waals surface area contributed by atoms with Crippen LogP contribution in [-0.4, -0.2) is 33.5 Å². The maximum absolute atomic E-state index is 12.7. The van der Waals surface area contributed by atoms with Crippen LogP contribution in [0.4, 0.5) is 0 Å². The van der Waals surface area contributed by atoms with E-state index in [1.54, 1.807) is 48.9 Å². The number of benzene rings is 2. The lowest BCUT2D eigenvalue weighted by atomic mass is 10.1. The molecule has 2 aromatic heterocycles. The van der Waals surface area contributed by atoms with Crippen LogP contribution >= 0.6 is 0 Å². The minimum atomic E-state index is -0.438. The van der Waals surface area contributed by atoms with Gasteiger partial charge in [0.1, 0.15) is 0 Å². The van der Waals surface area contributed by atoms with Gasteiger partial charge in [0, 0.05) is 40.8 Å². The maximum Gasteiger partial charge on any atom is 0.308 e. The molecule has 0 bridgehead atoms. The average Bonchev–Trinajstić information content (AvgIpc) is 3.37. The van der Waals surface area contributed by atoms with Gasteiger partial charge in [-0.05, 0) is 49.6 Å². The lowest BCUT2D eigenvalue weighted by Crippen LogP contribution is -2.25. The Hall–Kier alpha value is -4.13. The third-order valence-electron chi connectivity index (χ3n) is 5.58. The number of carbonyl (C=O) groups excluding carboxylic acids is 3. The summed E-state index contributed by atoms with van der Waals surface area (Å²) in [6, 6.07) is 20.4. The third kappa shape index (κ3) is 4.87. The van der Waals surface area contributed by atoms with Crippen LogP contribution in [0.15, 0.2) is 72.9 Å². The van der Waals surface area contributed by atoms with Gasteiger partial charge in [0.15, 0.2) is 6.61 Å². The topological polar surface area (TPSA) is 82.3 Å². The second-order valence-corrected chi connectivity index (χ2v) is 7.83. The Bertz CT molecular complexity index is 1320. The Kier molecular flexibility index (Phi) is 6.40. The fraction of sp³-hybridized carbons (Fsp3) is 0.192. The van der Waals surface area contributed by atoms with Crippen molar-refractivity contribution in [3.63, 3.8) is 0 Å². The molecular formula is C26H25N3O4. The highest BCUT2D eigenvalue weighted by Crippen LogP contribution is 2.17. The number of amides is 1. The van der Waals surface area contributed by atoms with E-state index >= 15 is 0 Å². The molecule has 1 N–H and O–H groups in total. The van der Waals surface area contributed by atoms with E-state index in [-0.39, 0.29) is 24.7 Å². The first-order valence-electron chi connectivity index (χ1n) is 10.7. The number of hydrogen-bond acceptors (Lipinski definition) is 4.